The number of amides is 1. The minimum Gasteiger partial charge on any atom is -0.496 e. The van der Waals surface area contributed by atoms with E-state index in [9.17, 15) is 13.2 Å². The minimum atomic E-state index is -4.51. The first kappa shape index (κ1) is 25.6. The van der Waals surface area contributed by atoms with Crippen LogP contribution in [0.4, 0.5) is 5.69 Å². The largest absolute Gasteiger partial charge is 0.496 e. The topological polar surface area (TPSA) is 104 Å². The second-order valence-electron chi connectivity index (χ2n) is 7.09. The van der Waals surface area contributed by atoms with E-state index in [1.54, 1.807) is 48.5 Å². The molecule has 3 aromatic carbocycles. The highest BCUT2D eigenvalue weighted by molar-refractivity contribution is 7.92. The van der Waals surface area contributed by atoms with Gasteiger partial charge in [0.1, 0.15) is 28.7 Å². The molecule has 1 amide bonds. The lowest BCUT2D eigenvalue weighted by Gasteiger charge is -2.22. The average Bonchev–Trinajstić information content (AvgIpc) is 2.89. The Labute approximate surface area is 204 Å². The molecule has 0 aromatic heterocycles. The van der Waals surface area contributed by atoms with Crippen molar-refractivity contribution in [3.8, 4) is 23.0 Å². The fourth-order valence-corrected chi connectivity index (χ4v) is 4.45. The van der Waals surface area contributed by atoms with E-state index in [4.69, 9.17) is 18.9 Å². The molecule has 3 aromatic rings. The zero-order chi connectivity index (χ0) is 25.4. The molecule has 0 radical (unpaired) electrons. The maximum absolute atomic E-state index is 13.4. The van der Waals surface area contributed by atoms with Crippen LogP contribution in [0.5, 0.6) is 23.0 Å². The Kier molecular flexibility index (Phi) is 8.32. The summed E-state index contributed by atoms with van der Waals surface area (Å²) in [7, 11) is 1.35. The van der Waals surface area contributed by atoms with E-state index in [-0.39, 0.29) is 23.4 Å². The molecule has 0 saturated heterocycles. The third kappa shape index (κ3) is 5.72. The van der Waals surface area contributed by atoms with Crippen molar-refractivity contribution in [2.75, 3.05) is 32.7 Å². The second-order valence-corrected chi connectivity index (χ2v) is 8.56. The first-order valence-electron chi connectivity index (χ1n) is 10.5. The number of carbonyl (C=O) groups is 1. The molecular weight excluding hydrogens is 472 g/mol. The van der Waals surface area contributed by atoms with Crippen LogP contribution in [0.15, 0.2) is 71.1 Å². The van der Waals surface area contributed by atoms with E-state index in [2.05, 4.69) is 4.40 Å². The van der Waals surface area contributed by atoms with Crippen molar-refractivity contribution in [1.29, 1.82) is 0 Å². The monoisotopic (exact) mass is 498 g/mol. The van der Waals surface area contributed by atoms with E-state index in [1.165, 1.54) is 52.9 Å². The summed E-state index contributed by atoms with van der Waals surface area (Å²) >= 11 is 0. The van der Waals surface area contributed by atoms with E-state index in [0.717, 1.165) is 0 Å². The van der Waals surface area contributed by atoms with Gasteiger partial charge in [-0.05, 0) is 24.3 Å². The molecule has 184 valence electrons. The summed E-state index contributed by atoms with van der Waals surface area (Å²) in [6.45, 7) is 0. The summed E-state index contributed by atoms with van der Waals surface area (Å²) < 4.78 is 52.5. The SMILES string of the molecule is COc1cc(OC)c(CC=NS(=O)(=O)N(C(=O)c2ccccc2)c2ccccc2OC)c(OC)c1. The molecule has 10 heteroatoms. The number of para-hydroxylation sites is 2. The molecule has 0 heterocycles. The van der Waals surface area contributed by atoms with Crippen molar-refractivity contribution in [1.82, 2.24) is 0 Å². The highest BCUT2D eigenvalue weighted by Crippen LogP contribution is 2.35. The molecular formula is C25H26N2O7S. The number of hydrogen-bond acceptors (Lipinski definition) is 7. The Bertz CT molecular complexity index is 1280. The standard InChI is InChI=1S/C25H26N2O7S/c1-31-19-16-23(33-3)20(24(17-19)34-4)14-15-26-35(29,30)27(21-12-8-9-13-22(21)32-2)25(28)18-10-6-5-7-11-18/h5-13,15-17H,14H2,1-4H3. The Morgan fingerprint density at radius 1 is 0.829 bits per heavy atom. The Balaban J connectivity index is 2.03. The first-order chi connectivity index (χ1) is 16.9. The summed E-state index contributed by atoms with van der Waals surface area (Å²) in [6, 6.07) is 17.7. The summed E-state index contributed by atoms with van der Waals surface area (Å²) in [5.41, 5.74) is 0.782. The number of carbonyl (C=O) groups excluding carboxylic acids is 1. The van der Waals surface area contributed by atoms with Gasteiger partial charge >= 0.3 is 10.2 Å². The molecule has 0 atom stereocenters. The average molecular weight is 499 g/mol. The number of rotatable bonds is 10. The van der Waals surface area contributed by atoms with Gasteiger partial charge in [0.25, 0.3) is 5.91 Å². The van der Waals surface area contributed by atoms with Crippen molar-refractivity contribution in [2.24, 2.45) is 4.40 Å². The van der Waals surface area contributed by atoms with Crippen LogP contribution in [0.25, 0.3) is 0 Å². The lowest BCUT2D eigenvalue weighted by atomic mass is 10.1. The van der Waals surface area contributed by atoms with Gasteiger partial charge in [-0.15, -0.1) is 0 Å². The molecule has 0 aliphatic carbocycles. The normalized spacial score (nSPS) is 11.2. The van der Waals surface area contributed by atoms with Crippen LogP contribution < -0.4 is 23.3 Å². The van der Waals surface area contributed by atoms with Crippen molar-refractivity contribution in [3.05, 3.63) is 77.9 Å². The quantitative estimate of drug-likeness (QED) is 0.390. The number of hydrogen-bond donors (Lipinski definition) is 0. The Morgan fingerprint density at radius 3 is 1.97 bits per heavy atom. The summed E-state index contributed by atoms with van der Waals surface area (Å²) in [6.07, 6.45) is 1.23. The van der Waals surface area contributed by atoms with E-state index in [1.807, 2.05) is 0 Å². The minimum absolute atomic E-state index is 0.0422. The first-order valence-corrected chi connectivity index (χ1v) is 11.9. The second kappa shape index (κ2) is 11.4. The molecule has 3 rings (SSSR count). The van der Waals surface area contributed by atoms with Crippen LogP contribution in [-0.2, 0) is 16.6 Å². The van der Waals surface area contributed by atoms with Gasteiger partial charge in [-0.25, -0.2) is 0 Å². The Morgan fingerprint density at radius 2 is 1.40 bits per heavy atom. The van der Waals surface area contributed by atoms with Gasteiger partial charge in [0, 0.05) is 35.9 Å². The molecule has 0 unspecified atom stereocenters. The zero-order valence-corrected chi connectivity index (χ0v) is 20.6. The van der Waals surface area contributed by atoms with Crippen molar-refractivity contribution in [2.45, 2.75) is 6.42 Å². The lowest BCUT2D eigenvalue weighted by molar-refractivity contribution is 0.100. The molecule has 0 N–H and O–H groups in total. The van der Waals surface area contributed by atoms with Crippen LogP contribution in [0.3, 0.4) is 0 Å². The fourth-order valence-electron chi connectivity index (χ4n) is 3.38. The molecule has 0 aliphatic heterocycles. The van der Waals surface area contributed by atoms with Crippen molar-refractivity contribution in [3.63, 3.8) is 0 Å². The van der Waals surface area contributed by atoms with Crippen molar-refractivity contribution >= 4 is 28.0 Å². The number of nitrogens with zero attached hydrogens (tertiary/aromatic N) is 2. The molecule has 35 heavy (non-hydrogen) atoms. The number of ether oxygens (including phenoxy) is 4. The fraction of sp³-hybridized carbons (Fsp3) is 0.200. The third-order valence-electron chi connectivity index (χ3n) is 5.06. The van der Waals surface area contributed by atoms with Crippen LogP contribution in [0.1, 0.15) is 15.9 Å². The van der Waals surface area contributed by atoms with Crippen LogP contribution in [-0.4, -0.2) is 49.0 Å². The zero-order valence-electron chi connectivity index (χ0n) is 19.8. The van der Waals surface area contributed by atoms with Gasteiger partial charge in [0.15, 0.2) is 0 Å². The molecule has 9 nitrogen and oxygen atoms in total. The maximum Gasteiger partial charge on any atom is 0.351 e. The summed E-state index contributed by atoms with van der Waals surface area (Å²) in [5, 5.41) is 0. The predicted octanol–water partition coefficient (Wildman–Crippen LogP) is 3.93. The van der Waals surface area contributed by atoms with Gasteiger partial charge < -0.3 is 18.9 Å². The van der Waals surface area contributed by atoms with Crippen LogP contribution in [0, 0.1) is 0 Å². The smallest absolute Gasteiger partial charge is 0.351 e. The molecule has 0 bridgehead atoms. The summed E-state index contributed by atoms with van der Waals surface area (Å²) in [5.74, 6) is 0.822. The van der Waals surface area contributed by atoms with Gasteiger partial charge in [-0.2, -0.15) is 17.1 Å². The van der Waals surface area contributed by atoms with E-state index >= 15 is 0 Å². The van der Waals surface area contributed by atoms with Crippen LogP contribution in [0.2, 0.25) is 0 Å². The molecule has 0 aliphatic rings. The number of methoxy groups -OCH3 is 4. The van der Waals surface area contributed by atoms with E-state index in [0.29, 0.717) is 27.1 Å². The summed E-state index contributed by atoms with van der Waals surface area (Å²) in [4.78, 5) is 13.3. The lowest BCUT2D eigenvalue weighted by Crippen LogP contribution is -2.36. The van der Waals surface area contributed by atoms with Crippen LogP contribution >= 0.6 is 0 Å². The number of benzene rings is 3. The highest BCUT2D eigenvalue weighted by atomic mass is 32.2. The third-order valence-corrected chi connectivity index (χ3v) is 6.30. The van der Waals surface area contributed by atoms with Gasteiger partial charge in [-0.3, -0.25) is 4.79 Å². The van der Waals surface area contributed by atoms with Gasteiger partial charge in [0.2, 0.25) is 0 Å². The Hall–Kier alpha value is -4.05. The van der Waals surface area contributed by atoms with Crippen molar-refractivity contribution < 1.29 is 32.2 Å². The van der Waals surface area contributed by atoms with E-state index < -0.39 is 16.1 Å². The maximum atomic E-state index is 13.4. The predicted molar refractivity (Wildman–Crippen MR) is 133 cm³/mol. The molecule has 0 spiro atoms. The highest BCUT2D eigenvalue weighted by Gasteiger charge is 2.32. The molecule has 0 saturated carbocycles. The van der Waals surface area contributed by atoms with Gasteiger partial charge in [0.05, 0.1) is 28.4 Å². The molecule has 0 fully saturated rings. The van der Waals surface area contributed by atoms with Gasteiger partial charge in [-0.1, -0.05) is 30.3 Å². The number of anilines is 1.